The van der Waals surface area contributed by atoms with E-state index in [9.17, 15) is 4.79 Å². The lowest BCUT2D eigenvalue weighted by atomic mass is 9.85. The first-order valence-electron chi connectivity index (χ1n) is 6.53. The molecule has 0 atom stereocenters. The van der Waals surface area contributed by atoms with Gasteiger partial charge in [0, 0.05) is 35.6 Å². The number of benzene rings is 1. The van der Waals surface area contributed by atoms with Gasteiger partial charge in [-0.15, -0.1) is 0 Å². The fourth-order valence-electron chi connectivity index (χ4n) is 1.94. The molecule has 1 amide bonds. The van der Waals surface area contributed by atoms with Crippen LogP contribution in [0.15, 0.2) is 48.8 Å². The zero-order valence-electron chi connectivity index (χ0n) is 11.8. The van der Waals surface area contributed by atoms with E-state index in [-0.39, 0.29) is 11.3 Å². The topological polar surface area (TPSA) is 68.0 Å². The summed E-state index contributed by atoms with van der Waals surface area (Å²) in [5.74, 6) is -0.0906. The summed E-state index contributed by atoms with van der Waals surface area (Å²) in [7, 11) is 0. The minimum absolute atomic E-state index is 0.0906. The second-order valence-corrected chi connectivity index (χ2v) is 5.42. The predicted octanol–water partition coefficient (Wildman–Crippen LogP) is 2.37. The van der Waals surface area contributed by atoms with E-state index in [0.717, 1.165) is 5.56 Å². The lowest BCUT2D eigenvalue weighted by Crippen LogP contribution is -2.36. The monoisotopic (exact) mass is 269 g/mol. The van der Waals surface area contributed by atoms with Crippen LogP contribution in [0.2, 0.25) is 0 Å². The van der Waals surface area contributed by atoms with Crippen molar-refractivity contribution in [1.29, 1.82) is 0 Å². The maximum atomic E-state index is 12.1. The average Bonchev–Trinajstić information content (AvgIpc) is 2.46. The number of pyridine rings is 1. The van der Waals surface area contributed by atoms with Gasteiger partial charge >= 0.3 is 0 Å². The third-order valence-electron chi connectivity index (χ3n) is 3.33. The number of nitrogens with one attached hydrogen (secondary N) is 1. The van der Waals surface area contributed by atoms with Crippen LogP contribution in [-0.2, 0) is 5.41 Å². The number of amides is 1. The Labute approximate surface area is 119 Å². The molecule has 4 heteroatoms. The molecule has 0 unspecified atom stereocenters. The van der Waals surface area contributed by atoms with Crippen LogP contribution in [0.5, 0.6) is 0 Å². The summed E-state index contributed by atoms with van der Waals surface area (Å²) >= 11 is 0. The van der Waals surface area contributed by atoms with Crippen molar-refractivity contribution >= 4 is 11.6 Å². The van der Waals surface area contributed by atoms with Crippen molar-refractivity contribution in [1.82, 2.24) is 10.3 Å². The zero-order chi connectivity index (χ0) is 14.6. The van der Waals surface area contributed by atoms with Crippen LogP contribution in [0, 0.1) is 0 Å². The van der Waals surface area contributed by atoms with Crippen LogP contribution < -0.4 is 11.1 Å². The van der Waals surface area contributed by atoms with E-state index < -0.39 is 0 Å². The van der Waals surface area contributed by atoms with Gasteiger partial charge in [0.1, 0.15) is 0 Å². The molecular weight excluding hydrogens is 250 g/mol. The molecule has 1 aromatic heterocycles. The van der Waals surface area contributed by atoms with Crippen molar-refractivity contribution in [3.63, 3.8) is 0 Å². The van der Waals surface area contributed by atoms with Gasteiger partial charge < -0.3 is 11.1 Å². The van der Waals surface area contributed by atoms with E-state index in [1.807, 2.05) is 12.1 Å². The molecule has 0 fully saturated rings. The molecule has 0 aliphatic rings. The molecule has 0 spiro atoms. The van der Waals surface area contributed by atoms with Crippen LogP contribution in [0.25, 0.3) is 0 Å². The van der Waals surface area contributed by atoms with Gasteiger partial charge in [0.25, 0.3) is 5.91 Å². The highest BCUT2D eigenvalue weighted by atomic mass is 16.1. The molecule has 0 radical (unpaired) electrons. The summed E-state index contributed by atoms with van der Waals surface area (Å²) in [5, 5.41) is 2.96. The number of hydrogen-bond acceptors (Lipinski definition) is 3. The maximum Gasteiger partial charge on any atom is 0.251 e. The maximum absolute atomic E-state index is 12.1. The Kier molecular flexibility index (Phi) is 4.03. The molecule has 0 aliphatic heterocycles. The van der Waals surface area contributed by atoms with Crippen molar-refractivity contribution in [3.05, 3.63) is 59.9 Å². The molecular formula is C16H19N3O. The lowest BCUT2D eigenvalue weighted by Gasteiger charge is -2.25. The van der Waals surface area contributed by atoms with E-state index >= 15 is 0 Å². The van der Waals surface area contributed by atoms with Crippen molar-refractivity contribution in [2.24, 2.45) is 0 Å². The minimum atomic E-state index is -0.146. The number of hydrogen-bond donors (Lipinski definition) is 2. The second kappa shape index (κ2) is 5.74. The number of rotatable bonds is 4. The number of nitrogens with two attached hydrogens (primary N) is 1. The van der Waals surface area contributed by atoms with Crippen LogP contribution in [-0.4, -0.2) is 17.4 Å². The van der Waals surface area contributed by atoms with Gasteiger partial charge in [0.2, 0.25) is 0 Å². The summed E-state index contributed by atoms with van der Waals surface area (Å²) in [6.07, 6.45) is 3.53. The number of nitrogens with zero attached hydrogens (tertiary/aromatic N) is 1. The largest absolute Gasteiger partial charge is 0.399 e. The molecule has 0 saturated carbocycles. The standard InChI is InChI=1S/C16H19N3O/c1-16(2,13-7-9-18-10-8-13)11-19-15(20)12-3-5-14(17)6-4-12/h3-10H,11,17H2,1-2H3,(H,19,20). The van der Waals surface area contributed by atoms with Crippen LogP contribution in [0.1, 0.15) is 29.8 Å². The molecule has 3 N–H and O–H groups in total. The first-order valence-corrected chi connectivity index (χ1v) is 6.53. The highest BCUT2D eigenvalue weighted by molar-refractivity contribution is 5.94. The number of carbonyl (C=O) groups is 1. The highest BCUT2D eigenvalue weighted by Gasteiger charge is 2.21. The third kappa shape index (κ3) is 3.35. The van der Waals surface area contributed by atoms with Crippen molar-refractivity contribution in [2.45, 2.75) is 19.3 Å². The Balaban J connectivity index is 2.01. The molecule has 0 saturated heterocycles. The summed E-state index contributed by atoms with van der Waals surface area (Å²) in [6.45, 7) is 4.73. The Bertz CT molecular complexity index is 576. The van der Waals surface area contributed by atoms with Gasteiger partial charge in [-0.25, -0.2) is 0 Å². The van der Waals surface area contributed by atoms with E-state index in [4.69, 9.17) is 5.73 Å². The van der Waals surface area contributed by atoms with Crippen LogP contribution in [0.4, 0.5) is 5.69 Å². The number of anilines is 1. The quantitative estimate of drug-likeness (QED) is 0.837. The van der Waals surface area contributed by atoms with E-state index in [1.54, 1.807) is 36.7 Å². The molecule has 0 bridgehead atoms. The van der Waals surface area contributed by atoms with Gasteiger partial charge in [-0.05, 0) is 42.0 Å². The van der Waals surface area contributed by atoms with Crippen LogP contribution in [0.3, 0.4) is 0 Å². The molecule has 20 heavy (non-hydrogen) atoms. The first kappa shape index (κ1) is 14.1. The van der Waals surface area contributed by atoms with Gasteiger partial charge in [-0.2, -0.15) is 0 Å². The molecule has 104 valence electrons. The Morgan fingerprint density at radius 1 is 1.15 bits per heavy atom. The Morgan fingerprint density at radius 3 is 2.35 bits per heavy atom. The molecule has 0 aliphatic carbocycles. The fraction of sp³-hybridized carbons (Fsp3) is 0.250. The zero-order valence-corrected chi connectivity index (χ0v) is 11.8. The molecule has 2 rings (SSSR count). The van der Waals surface area contributed by atoms with Gasteiger partial charge in [0.05, 0.1) is 0 Å². The fourth-order valence-corrected chi connectivity index (χ4v) is 1.94. The lowest BCUT2D eigenvalue weighted by molar-refractivity contribution is 0.0945. The van der Waals surface area contributed by atoms with E-state index in [1.165, 1.54) is 0 Å². The summed E-state index contributed by atoms with van der Waals surface area (Å²) in [4.78, 5) is 16.1. The predicted molar refractivity (Wildman–Crippen MR) is 80.5 cm³/mol. The third-order valence-corrected chi connectivity index (χ3v) is 3.33. The smallest absolute Gasteiger partial charge is 0.251 e. The molecule has 1 aromatic carbocycles. The molecule has 4 nitrogen and oxygen atoms in total. The molecule has 1 heterocycles. The highest BCUT2D eigenvalue weighted by Crippen LogP contribution is 2.21. The number of carbonyl (C=O) groups excluding carboxylic acids is 1. The minimum Gasteiger partial charge on any atom is -0.399 e. The van der Waals surface area contributed by atoms with Gasteiger partial charge in [0.15, 0.2) is 0 Å². The first-order chi connectivity index (χ1) is 9.49. The van der Waals surface area contributed by atoms with Crippen molar-refractivity contribution in [3.8, 4) is 0 Å². The average molecular weight is 269 g/mol. The normalized spacial score (nSPS) is 11.1. The summed E-state index contributed by atoms with van der Waals surface area (Å²) < 4.78 is 0. The number of aromatic nitrogens is 1. The van der Waals surface area contributed by atoms with Crippen LogP contribution >= 0.6 is 0 Å². The Hall–Kier alpha value is -2.36. The number of nitrogen functional groups attached to an aromatic ring is 1. The molecule has 2 aromatic rings. The Morgan fingerprint density at radius 2 is 1.75 bits per heavy atom. The van der Waals surface area contributed by atoms with Gasteiger partial charge in [-0.3, -0.25) is 9.78 Å². The van der Waals surface area contributed by atoms with Crippen molar-refractivity contribution < 1.29 is 4.79 Å². The second-order valence-electron chi connectivity index (χ2n) is 5.42. The SMILES string of the molecule is CC(C)(CNC(=O)c1ccc(N)cc1)c1ccncc1. The van der Waals surface area contributed by atoms with E-state index in [0.29, 0.717) is 17.8 Å². The van der Waals surface area contributed by atoms with Gasteiger partial charge in [-0.1, -0.05) is 13.8 Å². The van der Waals surface area contributed by atoms with E-state index in [2.05, 4.69) is 24.1 Å². The van der Waals surface area contributed by atoms with Crippen molar-refractivity contribution in [2.75, 3.05) is 12.3 Å². The summed E-state index contributed by atoms with van der Waals surface area (Å²) in [5.41, 5.74) is 7.87. The summed E-state index contributed by atoms with van der Waals surface area (Å²) in [6, 6.07) is 10.8.